The average molecular weight is 502 g/mol. The minimum atomic E-state index is 0.544. The van der Waals surface area contributed by atoms with Crippen molar-refractivity contribution in [1.29, 1.82) is 0 Å². The summed E-state index contributed by atoms with van der Waals surface area (Å²) < 4.78 is 2.24. The van der Waals surface area contributed by atoms with Crippen LogP contribution in [0.3, 0.4) is 0 Å². The monoisotopic (exact) mass is 500 g/mol. The molecule has 5 aromatic rings. The van der Waals surface area contributed by atoms with Crippen LogP contribution in [0.1, 0.15) is 5.56 Å². The van der Waals surface area contributed by atoms with E-state index in [0.29, 0.717) is 20.8 Å². The Labute approximate surface area is 213 Å². The molecule has 0 aliphatic carbocycles. The Morgan fingerprint density at radius 1 is 0.618 bits per heavy atom. The second-order valence-electron chi connectivity index (χ2n) is 7.73. The van der Waals surface area contributed by atoms with Gasteiger partial charge in [-0.2, -0.15) is 0 Å². The lowest BCUT2D eigenvalue weighted by molar-refractivity contribution is 1.09. The van der Waals surface area contributed by atoms with Crippen molar-refractivity contribution in [3.8, 4) is 28.2 Å². The number of benzene rings is 4. The number of halogens is 3. The van der Waals surface area contributed by atoms with Crippen LogP contribution in [-0.2, 0) is 0 Å². The molecule has 0 spiro atoms. The van der Waals surface area contributed by atoms with Gasteiger partial charge in [-0.25, -0.2) is 0 Å². The van der Waals surface area contributed by atoms with E-state index < -0.39 is 0 Å². The lowest BCUT2D eigenvalue weighted by atomic mass is 10.1. The minimum Gasteiger partial charge on any atom is -0.309 e. The first-order valence-electron chi connectivity index (χ1n) is 10.7. The maximum absolute atomic E-state index is 6.37. The molecule has 166 valence electrons. The first kappa shape index (κ1) is 22.5. The first-order valence-corrected chi connectivity index (χ1v) is 11.9. The molecular weight excluding hydrogens is 483 g/mol. The Hall–Kier alpha value is -3.30. The van der Waals surface area contributed by atoms with E-state index in [2.05, 4.69) is 34.9 Å². The summed E-state index contributed by atoms with van der Waals surface area (Å²) in [6.45, 7) is 0. The standard InChI is InChI=1S/C29H19Cl3N2/c30-23-11-14-25(15-12-23)34-28(20-7-3-1-4-8-20)17-22(29(34)21-9-5-2-6-10-21)19-33-27-18-24(31)13-16-26(27)32/h1-19H. The fourth-order valence-electron chi connectivity index (χ4n) is 3.92. The Morgan fingerprint density at radius 2 is 1.24 bits per heavy atom. The second kappa shape index (κ2) is 9.90. The molecule has 4 aromatic carbocycles. The number of aliphatic imine (C=N–C) groups is 1. The van der Waals surface area contributed by atoms with Gasteiger partial charge in [-0.15, -0.1) is 0 Å². The number of rotatable bonds is 5. The Balaban J connectivity index is 1.78. The van der Waals surface area contributed by atoms with E-state index in [1.807, 2.05) is 66.9 Å². The first-order chi connectivity index (χ1) is 16.6. The SMILES string of the molecule is Clc1ccc(-n2c(-c3ccccc3)cc(C=Nc3cc(Cl)ccc3Cl)c2-c2ccccc2)cc1. The van der Waals surface area contributed by atoms with Crippen molar-refractivity contribution in [3.05, 3.63) is 130 Å². The zero-order chi connectivity index (χ0) is 23.5. The van der Waals surface area contributed by atoms with Crippen molar-refractivity contribution in [2.75, 3.05) is 0 Å². The van der Waals surface area contributed by atoms with E-state index in [1.165, 1.54) is 0 Å². The van der Waals surface area contributed by atoms with Crippen LogP contribution >= 0.6 is 34.8 Å². The molecule has 0 bridgehead atoms. The van der Waals surface area contributed by atoms with E-state index in [-0.39, 0.29) is 0 Å². The van der Waals surface area contributed by atoms with Gasteiger partial charge < -0.3 is 4.57 Å². The molecule has 5 rings (SSSR count). The third-order valence-corrected chi connectivity index (χ3v) is 6.29. The van der Waals surface area contributed by atoms with Crippen LogP contribution in [0.25, 0.3) is 28.2 Å². The highest BCUT2D eigenvalue weighted by molar-refractivity contribution is 6.35. The molecule has 0 atom stereocenters. The summed E-state index contributed by atoms with van der Waals surface area (Å²) >= 11 is 18.8. The molecule has 0 aliphatic heterocycles. The van der Waals surface area contributed by atoms with Crippen LogP contribution in [-0.4, -0.2) is 10.8 Å². The smallest absolute Gasteiger partial charge is 0.0830 e. The maximum Gasteiger partial charge on any atom is 0.0830 e. The van der Waals surface area contributed by atoms with Crippen molar-refractivity contribution in [2.45, 2.75) is 0 Å². The highest BCUT2D eigenvalue weighted by atomic mass is 35.5. The van der Waals surface area contributed by atoms with Gasteiger partial charge in [0.1, 0.15) is 0 Å². The third kappa shape index (κ3) is 4.67. The molecule has 5 heteroatoms. The Morgan fingerprint density at radius 3 is 1.91 bits per heavy atom. The van der Waals surface area contributed by atoms with E-state index in [9.17, 15) is 0 Å². The predicted molar refractivity (Wildman–Crippen MR) is 145 cm³/mol. The molecule has 0 saturated heterocycles. The number of hydrogen-bond donors (Lipinski definition) is 0. The fourth-order valence-corrected chi connectivity index (χ4v) is 4.38. The van der Waals surface area contributed by atoms with Crippen molar-refractivity contribution in [3.63, 3.8) is 0 Å². The van der Waals surface area contributed by atoms with E-state index in [0.717, 1.165) is 33.8 Å². The number of hydrogen-bond acceptors (Lipinski definition) is 1. The summed E-state index contributed by atoms with van der Waals surface area (Å²) in [4.78, 5) is 4.70. The molecule has 0 amide bonds. The predicted octanol–water partition coefficient (Wildman–Crippen LogP) is 9.52. The Kier molecular flexibility index (Phi) is 6.55. The lowest BCUT2D eigenvalue weighted by Crippen LogP contribution is -2.00. The molecule has 0 saturated carbocycles. The Bertz CT molecular complexity index is 1460. The van der Waals surface area contributed by atoms with Gasteiger partial charge in [-0.1, -0.05) is 95.5 Å². The van der Waals surface area contributed by atoms with E-state index >= 15 is 0 Å². The van der Waals surface area contributed by atoms with Gasteiger partial charge in [-0.3, -0.25) is 4.99 Å². The van der Waals surface area contributed by atoms with Crippen molar-refractivity contribution < 1.29 is 0 Å². The van der Waals surface area contributed by atoms with Crippen LogP contribution in [0.5, 0.6) is 0 Å². The van der Waals surface area contributed by atoms with Crippen molar-refractivity contribution in [1.82, 2.24) is 4.57 Å². The van der Waals surface area contributed by atoms with E-state index in [1.54, 1.807) is 18.2 Å². The largest absolute Gasteiger partial charge is 0.309 e. The quantitative estimate of drug-likeness (QED) is 0.213. The molecular formula is C29H19Cl3N2. The van der Waals surface area contributed by atoms with Gasteiger partial charge in [0.05, 0.1) is 22.1 Å². The molecule has 0 aliphatic rings. The van der Waals surface area contributed by atoms with E-state index in [4.69, 9.17) is 39.8 Å². The zero-order valence-electron chi connectivity index (χ0n) is 18.0. The van der Waals surface area contributed by atoms with Gasteiger partial charge in [0, 0.05) is 27.5 Å². The van der Waals surface area contributed by atoms with Crippen LogP contribution < -0.4 is 0 Å². The van der Waals surface area contributed by atoms with Crippen molar-refractivity contribution in [2.24, 2.45) is 4.99 Å². The van der Waals surface area contributed by atoms with Gasteiger partial charge in [0.25, 0.3) is 0 Å². The summed E-state index contributed by atoms with van der Waals surface area (Å²) in [6.07, 6.45) is 1.85. The second-order valence-corrected chi connectivity index (χ2v) is 9.01. The van der Waals surface area contributed by atoms with Crippen LogP contribution in [0, 0.1) is 0 Å². The molecule has 2 nitrogen and oxygen atoms in total. The summed E-state index contributed by atoms with van der Waals surface area (Å²) in [7, 11) is 0. The molecule has 34 heavy (non-hydrogen) atoms. The number of aromatic nitrogens is 1. The third-order valence-electron chi connectivity index (χ3n) is 5.48. The molecule has 0 N–H and O–H groups in total. The molecule has 0 unspecified atom stereocenters. The summed E-state index contributed by atoms with van der Waals surface area (Å²) in [6, 6.07) is 35.8. The van der Waals surface area contributed by atoms with Gasteiger partial charge in [-0.05, 0) is 59.7 Å². The molecule has 1 heterocycles. The topological polar surface area (TPSA) is 17.3 Å². The van der Waals surface area contributed by atoms with Crippen LogP contribution in [0.2, 0.25) is 15.1 Å². The van der Waals surface area contributed by atoms with Crippen molar-refractivity contribution >= 4 is 46.7 Å². The van der Waals surface area contributed by atoms with Crippen LogP contribution in [0.15, 0.2) is 114 Å². The van der Waals surface area contributed by atoms with Crippen LogP contribution in [0.4, 0.5) is 5.69 Å². The maximum atomic E-state index is 6.37. The van der Waals surface area contributed by atoms with Gasteiger partial charge >= 0.3 is 0 Å². The summed E-state index contributed by atoms with van der Waals surface area (Å²) in [5.74, 6) is 0. The fraction of sp³-hybridized carbons (Fsp3) is 0. The molecule has 0 radical (unpaired) electrons. The normalized spacial score (nSPS) is 11.3. The average Bonchev–Trinajstić information content (AvgIpc) is 3.25. The highest BCUT2D eigenvalue weighted by Gasteiger charge is 2.18. The highest BCUT2D eigenvalue weighted by Crippen LogP contribution is 2.36. The summed E-state index contributed by atoms with van der Waals surface area (Å²) in [5.41, 5.74) is 6.80. The van der Waals surface area contributed by atoms with Gasteiger partial charge in [0.15, 0.2) is 0 Å². The minimum absolute atomic E-state index is 0.544. The zero-order valence-corrected chi connectivity index (χ0v) is 20.3. The summed E-state index contributed by atoms with van der Waals surface area (Å²) in [5, 5.41) is 1.82. The lowest BCUT2D eigenvalue weighted by Gasteiger charge is -2.15. The van der Waals surface area contributed by atoms with Gasteiger partial charge in [0.2, 0.25) is 0 Å². The number of nitrogens with zero attached hydrogens (tertiary/aromatic N) is 2. The molecule has 1 aromatic heterocycles. The molecule has 0 fully saturated rings.